The minimum Gasteiger partial charge on any atom is -0.462 e. The SMILES string of the molecule is CC(=O)OC1CCC2(C)C3=C(CCC2C1(C)C)C1(C)CCC(C(CC=CC(C)(C)O)C(=O)OC2C(O)OCC(O)C2O)C1(C)CC3. The lowest BCUT2D eigenvalue weighted by Gasteiger charge is -2.62. The Morgan fingerprint density at radius 3 is 2.33 bits per heavy atom. The fraction of sp³-hybridized carbons (Fsp3) is 0.838. The molecule has 46 heavy (non-hydrogen) atoms. The van der Waals surface area contributed by atoms with Crippen molar-refractivity contribution in [1.29, 1.82) is 0 Å². The van der Waals surface area contributed by atoms with Crippen LogP contribution in [0.4, 0.5) is 0 Å². The Labute approximate surface area is 274 Å². The number of carbonyl (C=O) groups excluding carboxylic acids is 2. The minimum absolute atomic E-state index is 0.0258. The number of aliphatic hydroxyl groups excluding tert-OH is 3. The molecule has 9 heteroatoms. The van der Waals surface area contributed by atoms with Crippen LogP contribution in [0.3, 0.4) is 0 Å². The molecule has 11 atom stereocenters. The predicted molar refractivity (Wildman–Crippen MR) is 172 cm³/mol. The van der Waals surface area contributed by atoms with E-state index >= 15 is 0 Å². The molecule has 0 radical (unpaired) electrons. The van der Waals surface area contributed by atoms with Gasteiger partial charge < -0.3 is 34.6 Å². The highest BCUT2D eigenvalue weighted by molar-refractivity contribution is 5.74. The fourth-order valence-electron chi connectivity index (χ4n) is 10.8. The maximum Gasteiger partial charge on any atom is 0.310 e. The van der Waals surface area contributed by atoms with Gasteiger partial charge >= 0.3 is 11.9 Å². The molecule has 11 unspecified atom stereocenters. The Balaban J connectivity index is 1.46. The molecule has 0 spiro atoms. The molecule has 1 aliphatic heterocycles. The Hall–Kier alpha value is -1.78. The number of fused-ring (bicyclic) bond motifs is 4. The summed E-state index contributed by atoms with van der Waals surface area (Å²) in [5.41, 5.74) is 1.67. The van der Waals surface area contributed by atoms with E-state index in [1.165, 1.54) is 6.92 Å². The summed E-state index contributed by atoms with van der Waals surface area (Å²) in [6.45, 7) is 16.4. The number of aliphatic hydroxyl groups is 4. The van der Waals surface area contributed by atoms with Gasteiger partial charge in [-0.05, 0) is 99.7 Å². The van der Waals surface area contributed by atoms with Crippen LogP contribution < -0.4 is 0 Å². The van der Waals surface area contributed by atoms with Crippen molar-refractivity contribution in [2.24, 2.45) is 39.4 Å². The van der Waals surface area contributed by atoms with Crippen molar-refractivity contribution in [3.8, 4) is 0 Å². The first-order valence-corrected chi connectivity index (χ1v) is 17.4. The van der Waals surface area contributed by atoms with E-state index in [9.17, 15) is 30.0 Å². The molecule has 5 aliphatic rings. The van der Waals surface area contributed by atoms with Gasteiger partial charge in [0.05, 0.1) is 18.1 Å². The van der Waals surface area contributed by atoms with Gasteiger partial charge in [0.2, 0.25) is 0 Å². The quantitative estimate of drug-likeness (QED) is 0.222. The topological polar surface area (TPSA) is 143 Å². The molecule has 2 saturated carbocycles. The lowest BCUT2D eigenvalue weighted by atomic mass is 9.43. The van der Waals surface area contributed by atoms with E-state index in [4.69, 9.17) is 14.2 Å². The van der Waals surface area contributed by atoms with E-state index < -0.39 is 42.1 Å². The lowest BCUT2D eigenvalue weighted by Crippen LogP contribution is -2.56. The van der Waals surface area contributed by atoms with Gasteiger partial charge in [0.15, 0.2) is 12.4 Å². The van der Waals surface area contributed by atoms with Gasteiger partial charge in [-0.1, -0.05) is 57.9 Å². The Morgan fingerprint density at radius 1 is 0.978 bits per heavy atom. The van der Waals surface area contributed by atoms with Crippen LogP contribution in [0.15, 0.2) is 23.3 Å². The molecular weight excluding hydrogens is 588 g/mol. The second-order valence-electron chi connectivity index (χ2n) is 16.9. The Kier molecular flexibility index (Phi) is 9.48. The minimum atomic E-state index is -1.53. The number of esters is 2. The second kappa shape index (κ2) is 12.3. The fourth-order valence-corrected chi connectivity index (χ4v) is 10.8. The first-order valence-electron chi connectivity index (χ1n) is 17.4. The maximum atomic E-state index is 14.0. The summed E-state index contributed by atoms with van der Waals surface area (Å²) in [4.78, 5) is 26.0. The highest BCUT2D eigenvalue weighted by atomic mass is 16.7. The molecular formula is C37H58O9. The summed E-state index contributed by atoms with van der Waals surface area (Å²) >= 11 is 0. The number of carbonyl (C=O) groups is 2. The monoisotopic (exact) mass is 646 g/mol. The average Bonchev–Trinajstić information content (AvgIpc) is 3.23. The third-order valence-electron chi connectivity index (χ3n) is 13.5. The number of rotatable bonds is 7. The molecule has 4 N–H and O–H groups in total. The average molecular weight is 647 g/mol. The van der Waals surface area contributed by atoms with Crippen molar-refractivity contribution in [2.75, 3.05) is 6.61 Å². The van der Waals surface area contributed by atoms with Crippen molar-refractivity contribution in [2.45, 2.75) is 149 Å². The lowest BCUT2D eigenvalue weighted by molar-refractivity contribution is -0.262. The summed E-state index contributed by atoms with van der Waals surface area (Å²) < 4.78 is 16.8. The van der Waals surface area contributed by atoms with Crippen LogP contribution in [0.25, 0.3) is 0 Å². The van der Waals surface area contributed by atoms with Crippen molar-refractivity contribution < 1.29 is 44.2 Å². The number of ether oxygens (including phenoxy) is 3. The van der Waals surface area contributed by atoms with E-state index in [0.29, 0.717) is 12.3 Å². The highest BCUT2D eigenvalue weighted by Crippen LogP contribution is 2.72. The summed E-state index contributed by atoms with van der Waals surface area (Å²) in [7, 11) is 0. The van der Waals surface area contributed by atoms with Crippen LogP contribution in [0.5, 0.6) is 0 Å². The first kappa shape index (κ1) is 35.5. The standard InChI is InChI=1S/C37H58O9/c1-21(38)45-28-15-17-35(6)24-14-19-36(7)23(13-18-37(36,8)25(24)11-12-27(35)34(28,4)5)22(10-9-16-33(2,3)43)31(41)46-30-29(40)26(39)20-44-32(30)42/h9,16,22-23,26-30,32,39-40,42-43H,10-15,17-20H2,1-8H3. The highest BCUT2D eigenvalue weighted by Gasteiger charge is 2.64. The molecule has 5 rings (SSSR count). The van der Waals surface area contributed by atoms with Crippen LogP contribution in [0.2, 0.25) is 0 Å². The van der Waals surface area contributed by atoms with E-state index in [2.05, 4.69) is 34.6 Å². The normalized spacial score (nSPS) is 43.0. The maximum absolute atomic E-state index is 14.0. The molecule has 0 aromatic rings. The van der Waals surface area contributed by atoms with Gasteiger partial charge in [0, 0.05) is 12.3 Å². The third kappa shape index (κ3) is 5.90. The van der Waals surface area contributed by atoms with Crippen LogP contribution in [-0.2, 0) is 23.8 Å². The molecule has 260 valence electrons. The van der Waals surface area contributed by atoms with Gasteiger partial charge in [0.1, 0.15) is 18.3 Å². The molecule has 0 amide bonds. The molecule has 0 aromatic carbocycles. The van der Waals surface area contributed by atoms with E-state index in [1.807, 2.05) is 6.08 Å². The number of hydrogen-bond donors (Lipinski definition) is 4. The van der Waals surface area contributed by atoms with E-state index in [1.54, 1.807) is 31.1 Å². The van der Waals surface area contributed by atoms with Crippen LogP contribution in [0, 0.1) is 39.4 Å². The van der Waals surface area contributed by atoms with Gasteiger partial charge in [-0.3, -0.25) is 9.59 Å². The smallest absolute Gasteiger partial charge is 0.310 e. The van der Waals surface area contributed by atoms with Crippen LogP contribution in [0.1, 0.15) is 113 Å². The molecule has 1 heterocycles. The van der Waals surface area contributed by atoms with Gasteiger partial charge in [-0.2, -0.15) is 0 Å². The number of hydrogen-bond acceptors (Lipinski definition) is 9. The van der Waals surface area contributed by atoms with Gasteiger partial charge in [-0.15, -0.1) is 0 Å². The zero-order valence-corrected chi connectivity index (χ0v) is 29.2. The van der Waals surface area contributed by atoms with Gasteiger partial charge in [0.25, 0.3) is 0 Å². The van der Waals surface area contributed by atoms with E-state index in [-0.39, 0.29) is 46.3 Å². The summed E-state index contributed by atoms with van der Waals surface area (Å²) in [6.07, 6.45) is 5.69. The number of allylic oxidation sites excluding steroid dienone is 3. The predicted octanol–water partition coefficient (Wildman–Crippen LogP) is 4.98. The molecule has 0 bridgehead atoms. The molecule has 3 fully saturated rings. The molecule has 0 aromatic heterocycles. The van der Waals surface area contributed by atoms with Crippen molar-refractivity contribution in [1.82, 2.24) is 0 Å². The first-order chi connectivity index (χ1) is 21.3. The largest absolute Gasteiger partial charge is 0.462 e. The van der Waals surface area contributed by atoms with Crippen molar-refractivity contribution >= 4 is 11.9 Å². The molecule has 1 saturated heterocycles. The summed E-state index contributed by atoms with van der Waals surface area (Å²) in [5, 5.41) is 41.5. The van der Waals surface area contributed by atoms with E-state index in [0.717, 1.165) is 51.4 Å². The third-order valence-corrected chi connectivity index (χ3v) is 13.5. The van der Waals surface area contributed by atoms with Crippen molar-refractivity contribution in [3.05, 3.63) is 23.3 Å². The zero-order valence-electron chi connectivity index (χ0n) is 29.2. The van der Waals surface area contributed by atoms with Crippen LogP contribution >= 0.6 is 0 Å². The van der Waals surface area contributed by atoms with Gasteiger partial charge in [-0.25, -0.2) is 0 Å². The zero-order chi connectivity index (χ0) is 34.0. The second-order valence-corrected chi connectivity index (χ2v) is 16.9. The summed E-state index contributed by atoms with van der Waals surface area (Å²) in [5.74, 6) is -0.940. The van der Waals surface area contributed by atoms with Crippen LogP contribution in [-0.4, -0.2) is 75.3 Å². The molecule has 4 aliphatic carbocycles. The Bertz CT molecular complexity index is 1250. The summed E-state index contributed by atoms with van der Waals surface area (Å²) in [6, 6.07) is 0. The van der Waals surface area contributed by atoms with Crippen molar-refractivity contribution in [3.63, 3.8) is 0 Å². The molecule has 9 nitrogen and oxygen atoms in total. The Morgan fingerprint density at radius 2 is 1.67 bits per heavy atom.